The van der Waals surface area contributed by atoms with Crippen molar-refractivity contribution in [1.82, 2.24) is 9.97 Å². The van der Waals surface area contributed by atoms with Crippen LogP contribution in [0.1, 0.15) is 59.1 Å². The highest BCUT2D eigenvalue weighted by Crippen LogP contribution is 2.22. The molecule has 0 N–H and O–H groups in total. The lowest BCUT2D eigenvalue weighted by molar-refractivity contribution is 0.147. The highest BCUT2D eigenvalue weighted by Gasteiger charge is 2.16. The molecule has 2 heterocycles. The molecule has 0 saturated heterocycles. The molecule has 0 saturated carbocycles. The van der Waals surface area contributed by atoms with E-state index < -0.39 is 6.16 Å². The standard InChI is InChI=1S/C33H36N2O3/c1-25-13-3-5-15-27(25)17-7-9-19-29-21-11-23-34-31(29)37-33(36)38-32-30(22-12-24-35-32)20-10-8-18-28-16-6-4-14-26(28)2/h3-6,11-16,21-24H,7-10,17-20H2,1-2H3. The molecule has 4 aromatic rings. The van der Waals surface area contributed by atoms with Crippen LogP contribution in [0.5, 0.6) is 11.8 Å². The zero-order valence-electron chi connectivity index (χ0n) is 22.4. The minimum Gasteiger partial charge on any atom is -0.375 e. The molecule has 38 heavy (non-hydrogen) atoms. The number of benzene rings is 2. The summed E-state index contributed by atoms with van der Waals surface area (Å²) in [6, 6.07) is 24.6. The van der Waals surface area contributed by atoms with Crippen molar-refractivity contribution >= 4 is 6.16 Å². The fourth-order valence-electron chi connectivity index (χ4n) is 4.63. The van der Waals surface area contributed by atoms with Crippen LogP contribution in [0.2, 0.25) is 0 Å². The number of hydrogen-bond acceptors (Lipinski definition) is 5. The first kappa shape index (κ1) is 27.1. The molecule has 5 heteroatoms. The van der Waals surface area contributed by atoms with Crippen molar-refractivity contribution in [2.24, 2.45) is 0 Å². The van der Waals surface area contributed by atoms with Crippen LogP contribution in [-0.4, -0.2) is 16.1 Å². The van der Waals surface area contributed by atoms with Crippen molar-refractivity contribution in [3.63, 3.8) is 0 Å². The van der Waals surface area contributed by atoms with Gasteiger partial charge in [-0.25, -0.2) is 14.8 Å². The number of ether oxygens (including phenoxy) is 2. The van der Waals surface area contributed by atoms with Gasteiger partial charge in [-0.1, -0.05) is 60.7 Å². The summed E-state index contributed by atoms with van der Waals surface area (Å²) >= 11 is 0. The average Bonchev–Trinajstić information content (AvgIpc) is 2.92. The summed E-state index contributed by atoms with van der Waals surface area (Å²) in [4.78, 5) is 21.2. The Morgan fingerprint density at radius 2 is 0.921 bits per heavy atom. The first-order valence-electron chi connectivity index (χ1n) is 13.5. The minimum absolute atomic E-state index is 0.295. The van der Waals surface area contributed by atoms with Gasteiger partial charge in [0.25, 0.3) is 0 Å². The maximum absolute atomic E-state index is 12.7. The van der Waals surface area contributed by atoms with Gasteiger partial charge in [0.05, 0.1) is 0 Å². The molecule has 0 fully saturated rings. The van der Waals surface area contributed by atoms with Crippen LogP contribution < -0.4 is 9.47 Å². The summed E-state index contributed by atoms with van der Waals surface area (Å²) in [6.07, 6.45) is 10.1. The fraction of sp³-hybridized carbons (Fsp3) is 0.303. The van der Waals surface area contributed by atoms with E-state index >= 15 is 0 Å². The van der Waals surface area contributed by atoms with E-state index in [1.807, 2.05) is 24.3 Å². The Morgan fingerprint density at radius 3 is 1.34 bits per heavy atom. The van der Waals surface area contributed by atoms with E-state index in [0.717, 1.165) is 62.5 Å². The molecule has 0 radical (unpaired) electrons. The monoisotopic (exact) mass is 508 g/mol. The van der Waals surface area contributed by atoms with Crippen LogP contribution in [-0.2, 0) is 25.7 Å². The molecule has 2 aromatic heterocycles. The number of aryl methyl sites for hydroxylation is 6. The lowest BCUT2D eigenvalue weighted by Gasteiger charge is -2.11. The van der Waals surface area contributed by atoms with Crippen molar-refractivity contribution in [3.8, 4) is 11.8 Å². The number of hydrogen-bond donors (Lipinski definition) is 0. The first-order valence-corrected chi connectivity index (χ1v) is 13.5. The molecular formula is C33H36N2O3. The zero-order chi connectivity index (χ0) is 26.6. The fourth-order valence-corrected chi connectivity index (χ4v) is 4.63. The third-order valence-electron chi connectivity index (χ3n) is 6.87. The summed E-state index contributed by atoms with van der Waals surface area (Å²) in [6.45, 7) is 4.29. The maximum atomic E-state index is 12.7. The summed E-state index contributed by atoms with van der Waals surface area (Å²) in [5.74, 6) is 0.591. The Balaban J connectivity index is 1.27. The lowest BCUT2D eigenvalue weighted by atomic mass is 10.0. The number of carbonyl (C=O) groups is 1. The van der Waals surface area contributed by atoms with Gasteiger partial charge in [-0.05, 0) is 99.6 Å². The summed E-state index contributed by atoms with van der Waals surface area (Å²) in [5, 5.41) is 0. The predicted octanol–water partition coefficient (Wildman–Crippen LogP) is 7.80. The Morgan fingerprint density at radius 1 is 0.553 bits per heavy atom. The van der Waals surface area contributed by atoms with Crippen LogP contribution in [0.15, 0.2) is 85.2 Å². The van der Waals surface area contributed by atoms with E-state index in [1.165, 1.54) is 22.3 Å². The van der Waals surface area contributed by atoms with Crippen molar-refractivity contribution in [2.45, 2.75) is 65.2 Å². The molecule has 196 valence electrons. The molecular weight excluding hydrogens is 472 g/mol. The van der Waals surface area contributed by atoms with Gasteiger partial charge in [-0.3, -0.25) is 0 Å². The van der Waals surface area contributed by atoms with Crippen LogP contribution in [0.3, 0.4) is 0 Å². The van der Waals surface area contributed by atoms with Crippen LogP contribution in [0.25, 0.3) is 0 Å². The van der Waals surface area contributed by atoms with E-state index in [1.54, 1.807) is 12.4 Å². The second-order valence-corrected chi connectivity index (χ2v) is 9.66. The Hall–Kier alpha value is -3.99. The maximum Gasteiger partial charge on any atom is 0.522 e. The highest BCUT2D eigenvalue weighted by atomic mass is 16.7. The van der Waals surface area contributed by atoms with Gasteiger partial charge in [0.1, 0.15) is 0 Å². The molecule has 2 aromatic carbocycles. The van der Waals surface area contributed by atoms with Gasteiger partial charge in [0.2, 0.25) is 11.8 Å². The second kappa shape index (κ2) is 14.1. The quantitative estimate of drug-likeness (QED) is 0.144. The summed E-state index contributed by atoms with van der Waals surface area (Å²) < 4.78 is 11.0. The lowest BCUT2D eigenvalue weighted by Crippen LogP contribution is -2.17. The van der Waals surface area contributed by atoms with Crippen molar-refractivity contribution in [2.75, 3.05) is 0 Å². The Labute approximate surface area is 225 Å². The largest absolute Gasteiger partial charge is 0.522 e. The van der Waals surface area contributed by atoms with Gasteiger partial charge in [0, 0.05) is 23.5 Å². The number of rotatable bonds is 12. The minimum atomic E-state index is -0.815. The number of unbranched alkanes of at least 4 members (excludes halogenated alkanes) is 2. The SMILES string of the molecule is Cc1ccccc1CCCCc1cccnc1OC(=O)Oc1ncccc1CCCCc1ccccc1C. The normalized spacial score (nSPS) is 10.8. The number of aromatic nitrogens is 2. The number of carbonyl (C=O) groups excluding carboxylic acids is 1. The summed E-state index contributed by atoms with van der Waals surface area (Å²) in [7, 11) is 0. The molecule has 0 aliphatic rings. The van der Waals surface area contributed by atoms with Crippen LogP contribution in [0, 0.1) is 13.8 Å². The smallest absolute Gasteiger partial charge is 0.375 e. The van der Waals surface area contributed by atoms with E-state index in [9.17, 15) is 4.79 Å². The van der Waals surface area contributed by atoms with Crippen molar-refractivity contribution in [1.29, 1.82) is 0 Å². The molecule has 0 aliphatic heterocycles. The Kier molecular flexibility index (Phi) is 10.0. The molecule has 4 rings (SSSR count). The van der Waals surface area contributed by atoms with Crippen molar-refractivity contribution < 1.29 is 14.3 Å². The Bertz CT molecular complexity index is 1230. The van der Waals surface area contributed by atoms with Gasteiger partial charge in [-0.15, -0.1) is 0 Å². The van der Waals surface area contributed by atoms with Gasteiger partial charge >= 0.3 is 6.16 Å². The van der Waals surface area contributed by atoms with Crippen LogP contribution >= 0.6 is 0 Å². The molecule has 0 spiro atoms. The highest BCUT2D eigenvalue weighted by molar-refractivity contribution is 5.66. The van der Waals surface area contributed by atoms with E-state index in [-0.39, 0.29) is 0 Å². The molecule has 0 unspecified atom stereocenters. The molecule has 0 aliphatic carbocycles. The molecule has 0 amide bonds. The van der Waals surface area contributed by atoms with Crippen molar-refractivity contribution in [3.05, 3.63) is 119 Å². The molecule has 5 nitrogen and oxygen atoms in total. The van der Waals surface area contributed by atoms with E-state index in [4.69, 9.17) is 9.47 Å². The van der Waals surface area contributed by atoms with E-state index in [2.05, 4.69) is 72.3 Å². The third kappa shape index (κ3) is 8.01. The summed E-state index contributed by atoms with van der Waals surface area (Å²) in [5.41, 5.74) is 7.18. The van der Waals surface area contributed by atoms with Gasteiger partial charge in [-0.2, -0.15) is 0 Å². The van der Waals surface area contributed by atoms with Gasteiger partial charge < -0.3 is 9.47 Å². The number of pyridine rings is 2. The average molecular weight is 509 g/mol. The van der Waals surface area contributed by atoms with E-state index in [0.29, 0.717) is 11.8 Å². The van der Waals surface area contributed by atoms with Gasteiger partial charge in [0.15, 0.2) is 0 Å². The number of nitrogens with zero attached hydrogens (tertiary/aromatic N) is 2. The molecule has 0 atom stereocenters. The molecule has 0 bridgehead atoms. The first-order chi connectivity index (χ1) is 18.6. The second-order valence-electron chi connectivity index (χ2n) is 9.66. The zero-order valence-corrected chi connectivity index (χ0v) is 22.4. The topological polar surface area (TPSA) is 61.3 Å². The third-order valence-corrected chi connectivity index (χ3v) is 6.87. The predicted molar refractivity (Wildman–Crippen MR) is 151 cm³/mol. The van der Waals surface area contributed by atoms with Crippen LogP contribution in [0.4, 0.5) is 4.79 Å².